The van der Waals surface area contributed by atoms with Crippen LogP contribution >= 0.6 is 0 Å². The van der Waals surface area contributed by atoms with Crippen LogP contribution in [0.4, 0.5) is 0 Å². The Balaban J connectivity index is 1.71. The molecule has 0 saturated carbocycles. The topological polar surface area (TPSA) is 43.1 Å². The van der Waals surface area contributed by atoms with Crippen LogP contribution in [0.15, 0.2) is 24.3 Å². The summed E-state index contributed by atoms with van der Waals surface area (Å²) in [6, 6.07) is 8.06. The lowest BCUT2D eigenvalue weighted by atomic mass is 10.2. The first-order valence-electron chi connectivity index (χ1n) is 7.09. The van der Waals surface area contributed by atoms with Crippen LogP contribution in [0, 0.1) is 0 Å². The number of ether oxygens (including phenoxy) is 2. The first-order valence-corrected chi connectivity index (χ1v) is 7.09. The normalized spacial score (nSPS) is 18.2. The maximum absolute atomic E-state index is 9.98. The zero-order valence-corrected chi connectivity index (χ0v) is 11.6. The number of morpholine rings is 1. The van der Waals surface area contributed by atoms with Crippen LogP contribution in [0.5, 0.6) is 5.75 Å². The Hall–Kier alpha value is -1.10. The van der Waals surface area contributed by atoms with Crippen molar-refractivity contribution in [2.45, 2.75) is 19.4 Å². The zero-order valence-electron chi connectivity index (χ0n) is 11.6. The van der Waals surface area contributed by atoms with Crippen molar-refractivity contribution in [3.05, 3.63) is 29.8 Å². The van der Waals surface area contributed by atoms with Gasteiger partial charge in [0.1, 0.15) is 38.1 Å². The van der Waals surface area contributed by atoms with Gasteiger partial charge in [-0.15, -0.1) is 0 Å². The van der Waals surface area contributed by atoms with Crippen molar-refractivity contribution in [2.24, 2.45) is 0 Å². The summed E-state index contributed by atoms with van der Waals surface area (Å²) in [4.78, 5) is 1.39. The first kappa shape index (κ1) is 14.3. The third kappa shape index (κ3) is 4.82. The van der Waals surface area contributed by atoms with E-state index < -0.39 is 6.10 Å². The van der Waals surface area contributed by atoms with Crippen LogP contribution in [0.3, 0.4) is 0 Å². The summed E-state index contributed by atoms with van der Waals surface area (Å²) in [5.74, 6) is 0.827. The van der Waals surface area contributed by atoms with Gasteiger partial charge in [-0.25, -0.2) is 0 Å². The minimum absolute atomic E-state index is 0.357. The van der Waals surface area contributed by atoms with Crippen molar-refractivity contribution in [1.82, 2.24) is 0 Å². The maximum Gasteiger partial charge on any atom is 0.137 e. The van der Waals surface area contributed by atoms with Crippen LogP contribution in [0.2, 0.25) is 0 Å². The summed E-state index contributed by atoms with van der Waals surface area (Å²) in [6.45, 7) is 6.75. The Morgan fingerprint density at radius 2 is 1.95 bits per heavy atom. The van der Waals surface area contributed by atoms with E-state index in [1.807, 2.05) is 12.1 Å². The Morgan fingerprint density at radius 3 is 2.58 bits per heavy atom. The fourth-order valence-electron chi connectivity index (χ4n) is 2.27. The van der Waals surface area contributed by atoms with Crippen molar-refractivity contribution in [3.8, 4) is 5.75 Å². The van der Waals surface area contributed by atoms with E-state index >= 15 is 0 Å². The predicted molar refractivity (Wildman–Crippen MR) is 73.7 cm³/mol. The van der Waals surface area contributed by atoms with E-state index in [9.17, 15) is 5.11 Å². The number of benzene rings is 1. The molecule has 0 radical (unpaired) electrons. The van der Waals surface area contributed by atoms with E-state index in [1.54, 1.807) is 0 Å². The number of quaternary nitrogens is 1. The van der Waals surface area contributed by atoms with Gasteiger partial charge in [0.05, 0.1) is 13.2 Å². The number of hydrogen-bond donors (Lipinski definition) is 2. The molecule has 2 rings (SSSR count). The van der Waals surface area contributed by atoms with E-state index in [-0.39, 0.29) is 0 Å². The fourth-order valence-corrected chi connectivity index (χ4v) is 2.27. The van der Waals surface area contributed by atoms with Gasteiger partial charge >= 0.3 is 0 Å². The molecule has 0 amide bonds. The van der Waals surface area contributed by atoms with Crippen LogP contribution < -0.4 is 9.64 Å². The highest BCUT2D eigenvalue weighted by molar-refractivity contribution is 5.27. The smallest absolute Gasteiger partial charge is 0.137 e. The molecule has 19 heavy (non-hydrogen) atoms. The minimum Gasteiger partial charge on any atom is -0.491 e. The first-order chi connectivity index (χ1) is 9.28. The molecule has 4 nitrogen and oxygen atoms in total. The highest BCUT2D eigenvalue weighted by Crippen LogP contribution is 2.12. The van der Waals surface area contributed by atoms with Crippen molar-refractivity contribution >= 4 is 0 Å². The molecule has 1 saturated heterocycles. The van der Waals surface area contributed by atoms with Crippen LogP contribution in [0.1, 0.15) is 12.5 Å². The van der Waals surface area contributed by atoms with E-state index in [0.717, 1.165) is 45.0 Å². The van der Waals surface area contributed by atoms with E-state index in [0.29, 0.717) is 6.61 Å². The lowest BCUT2D eigenvalue weighted by Crippen LogP contribution is -3.15. The molecule has 106 valence electrons. The molecule has 1 fully saturated rings. The Morgan fingerprint density at radius 1 is 1.26 bits per heavy atom. The van der Waals surface area contributed by atoms with Gasteiger partial charge in [0, 0.05) is 0 Å². The molecule has 4 heteroatoms. The quantitative estimate of drug-likeness (QED) is 0.756. The fraction of sp³-hybridized carbons (Fsp3) is 0.600. The summed E-state index contributed by atoms with van der Waals surface area (Å²) in [5.41, 5.74) is 1.30. The third-order valence-electron chi connectivity index (χ3n) is 3.50. The van der Waals surface area contributed by atoms with Gasteiger partial charge < -0.3 is 19.5 Å². The number of hydrogen-bond acceptors (Lipinski definition) is 3. The SMILES string of the molecule is CCc1ccc(OC[C@H](O)C[NH+]2CCOCC2)cc1. The Kier molecular flexibility index (Phi) is 5.63. The van der Waals surface area contributed by atoms with Crippen LogP contribution in [0.25, 0.3) is 0 Å². The van der Waals surface area contributed by atoms with Gasteiger partial charge in [-0.2, -0.15) is 0 Å². The Bertz CT molecular complexity index is 360. The van der Waals surface area contributed by atoms with Gasteiger partial charge in [0.2, 0.25) is 0 Å². The molecule has 1 atom stereocenters. The second-order valence-corrected chi connectivity index (χ2v) is 5.03. The molecule has 1 aliphatic rings. The molecular weight excluding hydrogens is 242 g/mol. The summed E-state index contributed by atoms with van der Waals surface area (Å²) in [5, 5.41) is 9.98. The molecule has 2 N–H and O–H groups in total. The second-order valence-electron chi connectivity index (χ2n) is 5.03. The standard InChI is InChI=1S/C15H23NO3/c1-2-13-3-5-15(6-4-13)19-12-14(17)11-16-7-9-18-10-8-16/h3-6,14,17H,2,7-12H2,1H3/p+1/t14-/m1/s1. The number of nitrogens with one attached hydrogen (secondary N) is 1. The molecule has 1 aliphatic heterocycles. The molecule has 0 aromatic heterocycles. The minimum atomic E-state index is -0.418. The lowest BCUT2D eigenvalue weighted by Gasteiger charge is -2.25. The number of aliphatic hydroxyl groups is 1. The van der Waals surface area contributed by atoms with Crippen molar-refractivity contribution in [2.75, 3.05) is 39.5 Å². The monoisotopic (exact) mass is 266 g/mol. The van der Waals surface area contributed by atoms with Gasteiger partial charge in [0.15, 0.2) is 0 Å². The third-order valence-corrected chi connectivity index (χ3v) is 3.50. The van der Waals surface area contributed by atoms with E-state index in [1.165, 1.54) is 10.5 Å². The number of aliphatic hydroxyl groups excluding tert-OH is 1. The van der Waals surface area contributed by atoms with Crippen LogP contribution in [-0.4, -0.2) is 50.7 Å². The molecule has 1 aromatic rings. The average Bonchev–Trinajstić information content (AvgIpc) is 2.47. The van der Waals surface area contributed by atoms with E-state index in [4.69, 9.17) is 9.47 Å². The summed E-state index contributed by atoms with van der Waals surface area (Å²) in [7, 11) is 0. The van der Waals surface area contributed by atoms with Gasteiger partial charge in [-0.1, -0.05) is 19.1 Å². The second kappa shape index (κ2) is 7.48. The molecule has 0 bridgehead atoms. The lowest BCUT2D eigenvalue weighted by molar-refractivity contribution is -0.911. The highest BCUT2D eigenvalue weighted by atomic mass is 16.5. The van der Waals surface area contributed by atoms with Crippen molar-refractivity contribution in [3.63, 3.8) is 0 Å². The summed E-state index contributed by atoms with van der Waals surface area (Å²) >= 11 is 0. The number of aryl methyl sites for hydroxylation is 1. The van der Waals surface area contributed by atoms with Crippen LogP contribution in [-0.2, 0) is 11.2 Å². The largest absolute Gasteiger partial charge is 0.491 e. The number of rotatable bonds is 6. The molecule has 0 spiro atoms. The summed E-state index contributed by atoms with van der Waals surface area (Å²) < 4.78 is 10.9. The Labute approximate surface area is 114 Å². The summed E-state index contributed by atoms with van der Waals surface area (Å²) in [6.07, 6.45) is 0.613. The molecule has 1 heterocycles. The van der Waals surface area contributed by atoms with Crippen molar-refractivity contribution in [1.29, 1.82) is 0 Å². The zero-order chi connectivity index (χ0) is 13.5. The van der Waals surface area contributed by atoms with Gasteiger partial charge in [-0.05, 0) is 24.1 Å². The maximum atomic E-state index is 9.98. The van der Waals surface area contributed by atoms with Gasteiger partial charge in [0.25, 0.3) is 0 Å². The molecular formula is C15H24NO3+. The van der Waals surface area contributed by atoms with Crippen molar-refractivity contribution < 1.29 is 19.5 Å². The molecule has 0 aliphatic carbocycles. The van der Waals surface area contributed by atoms with Gasteiger partial charge in [-0.3, -0.25) is 0 Å². The highest BCUT2D eigenvalue weighted by Gasteiger charge is 2.18. The molecule has 1 aromatic carbocycles. The van der Waals surface area contributed by atoms with E-state index in [2.05, 4.69) is 19.1 Å². The average molecular weight is 266 g/mol. The molecule has 0 unspecified atom stereocenters. The predicted octanol–water partition coefficient (Wildman–Crippen LogP) is -0.0962.